The van der Waals surface area contributed by atoms with Gasteiger partial charge in [-0.05, 0) is 6.07 Å². The largest absolute Gasteiger partial charge is 0.480 e. The number of hydrogen-bond acceptors (Lipinski definition) is 6. The number of carbonyl (C=O) groups is 2. The monoisotopic (exact) mass is 288 g/mol. The van der Waals surface area contributed by atoms with Crippen LogP contribution >= 0.6 is 23.1 Å². The number of aliphatic carboxylic acids is 1. The lowest BCUT2D eigenvalue weighted by molar-refractivity contribution is -0.380. The van der Waals surface area contributed by atoms with E-state index in [-0.39, 0.29) is 9.88 Å². The molecule has 18 heavy (non-hydrogen) atoms. The van der Waals surface area contributed by atoms with E-state index < -0.39 is 22.8 Å². The fraction of sp³-hybridized carbons (Fsp3) is 0.333. The zero-order valence-corrected chi connectivity index (χ0v) is 10.6. The number of nitro groups is 1. The lowest BCUT2D eigenvalue weighted by Gasteiger charge is -2.19. The first-order valence-corrected chi connectivity index (χ1v) is 6.83. The highest BCUT2D eigenvalue weighted by molar-refractivity contribution is 7.99. The third-order valence-electron chi connectivity index (χ3n) is 2.41. The van der Waals surface area contributed by atoms with Gasteiger partial charge in [-0.2, -0.15) is 0 Å². The summed E-state index contributed by atoms with van der Waals surface area (Å²) in [4.78, 5) is 34.3. The third-order valence-corrected chi connectivity index (χ3v) is 4.45. The van der Waals surface area contributed by atoms with Crippen molar-refractivity contribution in [3.8, 4) is 0 Å². The average molecular weight is 288 g/mol. The molecule has 1 fully saturated rings. The van der Waals surface area contributed by atoms with Gasteiger partial charge in [0.1, 0.15) is 6.04 Å². The molecule has 1 unspecified atom stereocenters. The first kappa shape index (κ1) is 12.8. The lowest BCUT2D eigenvalue weighted by Crippen LogP contribution is -2.41. The predicted molar refractivity (Wildman–Crippen MR) is 65.9 cm³/mol. The average Bonchev–Trinajstić information content (AvgIpc) is 2.97. The number of carboxylic acid groups (broad SMARTS) is 1. The van der Waals surface area contributed by atoms with E-state index >= 15 is 0 Å². The van der Waals surface area contributed by atoms with Crippen molar-refractivity contribution >= 4 is 40.0 Å². The molecule has 1 aromatic heterocycles. The summed E-state index contributed by atoms with van der Waals surface area (Å²) in [5, 5.41) is 19.4. The normalized spacial score (nSPS) is 18.9. The van der Waals surface area contributed by atoms with E-state index in [9.17, 15) is 19.7 Å². The third kappa shape index (κ3) is 2.31. The summed E-state index contributed by atoms with van der Waals surface area (Å²) in [6.07, 6.45) is 0. The van der Waals surface area contributed by atoms with Crippen LogP contribution in [0.15, 0.2) is 12.1 Å². The van der Waals surface area contributed by atoms with Crippen molar-refractivity contribution in [3.05, 3.63) is 27.1 Å². The molecule has 1 saturated heterocycles. The number of thiophene rings is 1. The first-order valence-electron chi connectivity index (χ1n) is 4.86. The number of carboxylic acids is 1. The minimum absolute atomic E-state index is 0.128. The molecule has 1 aliphatic heterocycles. The molecule has 1 N–H and O–H groups in total. The Balaban J connectivity index is 2.20. The van der Waals surface area contributed by atoms with Crippen LogP contribution in [0.25, 0.3) is 0 Å². The van der Waals surface area contributed by atoms with Crippen molar-refractivity contribution in [2.24, 2.45) is 0 Å². The summed E-state index contributed by atoms with van der Waals surface area (Å²) >= 11 is 2.11. The Labute approximate surface area is 110 Å². The van der Waals surface area contributed by atoms with Crippen LogP contribution in [0, 0.1) is 10.1 Å². The first-order chi connectivity index (χ1) is 8.50. The van der Waals surface area contributed by atoms with Crippen molar-refractivity contribution in [1.29, 1.82) is 0 Å². The smallest absolute Gasteiger partial charge is 0.327 e. The van der Waals surface area contributed by atoms with Gasteiger partial charge in [-0.25, -0.2) is 4.79 Å². The second-order valence-corrected chi connectivity index (χ2v) is 5.59. The van der Waals surface area contributed by atoms with Gasteiger partial charge in [0, 0.05) is 11.8 Å². The summed E-state index contributed by atoms with van der Waals surface area (Å²) < 4.78 is 0. The van der Waals surface area contributed by atoms with Gasteiger partial charge in [0.25, 0.3) is 5.91 Å². The summed E-state index contributed by atoms with van der Waals surface area (Å²) in [6, 6.07) is 1.74. The molecular weight excluding hydrogens is 280 g/mol. The Morgan fingerprint density at radius 3 is 2.78 bits per heavy atom. The number of hydrogen-bond donors (Lipinski definition) is 1. The molecule has 1 aliphatic rings. The highest BCUT2D eigenvalue weighted by Gasteiger charge is 2.35. The van der Waals surface area contributed by atoms with Gasteiger partial charge < -0.3 is 10.0 Å². The van der Waals surface area contributed by atoms with Crippen LogP contribution in [0.3, 0.4) is 0 Å². The number of nitrogens with zero attached hydrogens (tertiary/aromatic N) is 2. The fourth-order valence-corrected chi connectivity index (χ4v) is 3.45. The van der Waals surface area contributed by atoms with Gasteiger partial charge in [0.05, 0.1) is 15.7 Å². The molecule has 0 saturated carbocycles. The Morgan fingerprint density at radius 1 is 1.50 bits per heavy atom. The van der Waals surface area contributed by atoms with Crippen LogP contribution in [0.2, 0.25) is 0 Å². The molecule has 0 bridgehead atoms. The second-order valence-electron chi connectivity index (χ2n) is 3.52. The minimum Gasteiger partial charge on any atom is -0.480 e. The highest BCUT2D eigenvalue weighted by atomic mass is 32.2. The fourth-order valence-electron chi connectivity index (χ4n) is 1.53. The molecule has 1 aromatic rings. The van der Waals surface area contributed by atoms with Gasteiger partial charge in [-0.1, -0.05) is 11.3 Å². The van der Waals surface area contributed by atoms with Crippen LogP contribution in [0.1, 0.15) is 9.67 Å². The molecule has 1 atom stereocenters. The summed E-state index contributed by atoms with van der Waals surface area (Å²) in [6.45, 7) is 0. The SMILES string of the molecule is O=C(O)C1CSCN1C(=O)c1ccc([N+](=O)[O-])s1. The van der Waals surface area contributed by atoms with Crippen molar-refractivity contribution in [2.75, 3.05) is 11.6 Å². The van der Waals surface area contributed by atoms with E-state index in [0.717, 1.165) is 11.3 Å². The Bertz CT molecular complexity index is 515. The highest BCUT2D eigenvalue weighted by Crippen LogP contribution is 2.29. The van der Waals surface area contributed by atoms with Gasteiger partial charge in [-0.3, -0.25) is 14.9 Å². The van der Waals surface area contributed by atoms with Gasteiger partial charge >= 0.3 is 11.0 Å². The van der Waals surface area contributed by atoms with Crippen LogP contribution in [0.4, 0.5) is 5.00 Å². The van der Waals surface area contributed by atoms with Crippen molar-refractivity contribution in [2.45, 2.75) is 6.04 Å². The zero-order valence-electron chi connectivity index (χ0n) is 8.94. The molecule has 0 spiro atoms. The molecule has 2 rings (SSSR count). The standard InChI is InChI=1S/C9H8N2O5S2/c12-8(6-1-2-7(18-6)11(15)16)10-4-17-3-5(10)9(13)14/h1-2,5H,3-4H2,(H,13,14). The van der Waals surface area contributed by atoms with Crippen molar-refractivity contribution in [3.63, 3.8) is 0 Å². The van der Waals surface area contributed by atoms with E-state index in [1.807, 2.05) is 0 Å². The molecule has 0 aromatic carbocycles. The molecule has 7 nitrogen and oxygen atoms in total. The topological polar surface area (TPSA) is 101 Å². The molecule has 0 aliphatic carbocycles. The summed E-state index contributed by atoms with van der Waals surface area (Å²) in [5.41, 5.74) is 0. The molecule has 1 amide bonds. The van der Waals surface area contributed by atoms with Crippen LogP contribution < -0.4 is 0 Å². The minimum atomic E-state index is -1.06. The molecule has 96 valence electrons. The molecule has 0 radical (unpaired) electrons. The van der Waals surface area contributed by atoms with E-state index in [4.69, 9.17) is 5.11 Å². The summed E-state index contributed by atoms with van der Waals surface area (Å²) in [7, 11) is 0. The Kier molecular flexibility index (Phi) is 3.53. The maximum absolute atomic E-state index is 12.0. The lowest BCUT2D eigenvalue weighted by atomic mass is 10.3. The van der Waals surface area contributed by atoms with E-state index in [0.29, 0.717) is 11.6 Å². The number of thioether (sulfide) groups is 1. The Morgan fingerprint density at radius 2 is 2.22 bits per heavy atom. The number of rotatable bonds is 3. The molecule has 9 heteroatoms. The van der Waals surface area contributed by atoms with E-state index in [1.54, 1.807) is 0 Å². The second kappa shape index (κ2) is 4.94. The van der Waals surface area contributed by atoms with Crippen LogP contribution in [-0.4, -0.2) is 44.5 Å². The molecule has 2 heterocycles. The molecular formula is C9H8N2O5S2. The summed E-state index contributed by atoms with van der Waals surface area (Å²) in [5.74, 6) is -0.888. The quantitative estimate of drug-likeness (QED) is 0.663. The van der Waals surface area contributed by atoms with E-state index in [1.165, 1.54) is 28.8 Å². The maximum Gasteiger partial charge on any atom is 0.327 e. The zero-order chi connectivity index (χ0) is 13.3. The van der Waals surface area contributed by atoms with Crippen LogP contribution in [0.5, 0.6) is 0 Å². The predicted octanol–water partition coefficient (Wildman–Crippen LogP) is 1.26. The van der Waals surface area contributed by atoms with Gasteiger partial charge in [-0.15, -0.1) is 11.8 Å². The van der Waals surface area contributed by atoms with E-state index in [2.05, 4.69) is 0 Å². The number of carbonyl (C=O) groups excluding carboxylic acids is 1. The van der Waals surface area contributed by atoms with Crippen LogP contribution in [-0.2, 0) is 4.79 Å². The van der Waals surface area contributed by atoms with Gasteiger partial charge in [0.2, 0.25) is 0 Å². The van der Waals surface area contributed by atoms with Crippen molar-refractivity contribution in [1.82, 2.24) is 4.90 Å². The van der Waals surface area contributed by atoms with Gasteiger partial charge in [0.15, 0.2) is 0 Å². The van der Waals surface area contributed by atoms with Crippen molar-refractivity contribution < 1.29 is 19.6 Å². The number of amides is 1. The Hall–Kier alpha value is -1.61. The maximum atomic E-state index is 12.0.